The van der Waals surface area contributed by atoms with Crippen molar-refractivity contribution < 1.29 is 33.4 Å². The molecule has 0 radical (unpaired) electrons. The maximum absolute atomic E-state index is 12.4. The number of alkyl carbamates (subject to hydrolysis) is 1. The number of amides is 1. The second kappa shape index (κ2) is 11.8. The number of ketones is 2. The molecule has 29 heavy (non-hydrogen) atoms. The maximum Gasteiger partial charge on any atom is 0.408 e. The van der Waals surface area contributed by atoms with Gasteiger partial charge in [-0.05, 0) is 20.8 Å². The molecule has 0 fully saturated rings. The molecule has 8 nitrogen and oxygen atoms in total. The van der Waals surface area contributed by atoms with Crippen LogP contribution in [-0.4, -0.2) is 55.1 Å². The van der Waals surface area contributed by atoms with Crippen LogP contribution in [0.4, 0.5) is 4.79 Å². The van der Waals surface area contributed by atoms with Crippen LogP contribution in [0.1, 0.15) is 37.6 Å². The van der Waals surface area contributed by atoms with Gasteiger partial charge in [0.1, 0.15) is 31.5 Å². The summed E-state index contributed by atoms with van der Waals surface area (Å²) in [7, 11) is 0. The van der Waals surface area contributed by atoms with Gasteiger partial charge < -0.3 is 19.5 Å². The van der Waals surface area contributed by atoms with Crippen LogP contribution in [0, 0.1) is 0 Å². The van der Waals surface area contributed by atoms with E-state index >= 15 is 0 Å². The quantitative estimate of drug-likeness (QED) is 0.342. The molecule has 0 spiro atoms. The van der Waals surface area contributed by atoms with E-state index in [2.05, 4.69) is 11.9 Å². The minimum Gasteiger partial charge on any atom is -0.460 e. The van der Waals surface area contributed by atoms with Crippen LogP contribution in [0.25, 0.3) is 0 Å². The van der Waals surface area contributed by atoms with Crippen LogP contribution in [0.3, 0.4) is 0 Å². The molecule has 0 heterocycles. The first kappa shape index (κ1) is 24.0. The zero-order chi connectivity index (χ0) is 21.9. The summed E-state index contributed by atoms with van der Waals surface area (Å²) >= 11 is 0. The zero-order valence-electron chi connectivity index (χ0n) is 16.9. The van der Waals surface area contributed by atoms with Gasteiger partial charge in [0.25, 0.3) is 0 Å². The van der Waals surface area contributed by atoms with Crippen LogP contribution in [0.2, 0.25) is 0 Å². The van der Waals surface area contributed by atoms with Crippen molar-refractivity contribution in [1.82, 2.24) is 5.32 Å². The molecule has 1 aromatic carbocycles. The van der Waals surface area contributed by atoms with Gasteiger partial charge in [0, 0.05) is 5.56 Å². The van der Waals surface area contributed by atoms with Gasteiger partial charge in [0.15, 0.2) is 11.6 Å². The number of carbonyl (C=O) groups is 4. The largest absolute Gasteiger partial charge is 0.460 e. The molecule has 1 rings (SSSR count). The molecule has 0 aliphatic carbocycles. The van der Waals surface area contributed by atoms with Crippen molar-refractivity contribution in [2.45, 2.75) is 38.8 Å². The van der Waals surface area contributed by atoms with Gasteiger partial charge in [-0.2, -0.15) is 0 Å². The number of carbonyl (C=O) groups excluding carboxylic acids is 4. The molecule has 0 aromatic heterocycles. The van der Waals surface area contributed by atoms with E-state index in [1.807, 2.05) is 0 Å². The van der Waals surface area contributed by atoms with E-state index in [0.717, 1.165) is 0 Å². The van der Waals surface area contributed by atoms with E-state index in [1.54, 1.807) is 51.1 Å². The van der Waals surface area contributed by atoms with Crippen molar-refractivity contribution in [3.63, 3.8) is 0 Å². The fourth-order valence-electron chi connectivity index (χ4n) is 2.17. The summed E-state index contributed by atoms with van der Waals surface area (Å²) in [5, 5.41) is 2.31. The highest BCUT2D eigenvalue weighted by Crippen LogP contribution is 2.10. The Hall–Kier alpha value is -3.00. The number of Topliss-reactive ketones (excluding diaryl/α,β-unsaturated/α-hetero) is 2. The lowest BCUT2D eigenvalue weighted by Crippen LogP contribution is -2.45. The Kier molecular flexibility index (Phi) is 9.74. The molecule has 1 aromatic rings. The summed E-state index contributed by atoms with van der Waals surface area (Å²) < 4.78 is 15.2. The molecule has 1 amide bonds. The van der Waals surface area contributed by atoms with Crippen molar-refractivity contribution in [2.75, 3.05) is 19.8 Å². The SMILES string of the molecule is C=CCOC(=O)N[C@@H](CC(=O)OC(C)(C)C)C(=O)COCC(=O)c1ccccc1. The molecule has 0 saturated heterocycles. The lowest BCUT2D eigenvalue weighted by molar-refractivity contribution is -0.156. The van der Waals surface area contributed by atoms with E-state index in [1.165, 1.54) is 6.08 Å². The third-order valence-electron chi connectivity index (χ3n) is 3.38. The third-order valence-corrected chi connectivity index (χ3v) is 3.38. The summed E-state index contributed by atoms with van der Waals surface area (Å²) in [6, 6.07) is 7.27. The van der Waals surface area contributed by atoms with Gasteiger partial charge >= 0.3 is 12.1 Å². The fraction of sp³-hybridized carbons (Fsp3) is 0.429. The first-order valence-electron chi connectivity index (χ1n) is 9.07. The van der Waals surface area contributed by atoms with E-state index in [0.29, 0.717) is 5.56 Å². The highest BCUT2D eigenvalue weighted by atomic mass is 16.6. The fourth-order valence-corrected chi connectivity index (χ4v) is 2.17. The predicted molar refractivity (Wildman–Crippen MR) is 106 cm³/mol. The first-order chi connectivity index (χ1) is 13.6. The molecule has 1 N–H and O–H groups in total. The third kappa shape index (κ3) is 10.2. The number of benzene rings is 1. The Morgan fingerprint density at radius 3 is 2.34 bits per heavy atom. The molecule has 0 aliphatic heterocycles. The molecular weight excluding hydrogens is 378 g/mol. The van der Waals surface area contributed by atoms with Crippen LogP contribution in [0.5, 0.6) is 0 Å². The highest BCUT2D eigenvalue weighted by molar-refractivity contribution is 5.97. The van der Waals surface area contributed by atoms with Crippen molar-refractivity contribution in [1.29, 1.82) is 0 Å². The number of ether oxygens (including phenoxy) is 3. The molecule has 1 atom stereocenters. The van der Waals surface area contributed by atoms with Crippen molar-refractivity contribution in [2.24, 2.45) is 0 Å². The number of hydrogen-bond acceptors (Lipinski definition) is 7. The highest BCUT2D eigenvalue weighted by Gasteiger charge is 2.27. The number of nitrogens with one attached hydrogen (secondary N) is 1. The van der Waals surface area contributed by atoms with E-state index in [-0.39, 0.29) is 19.0 Å². The van der Waals surface area contributed by atoms with Crippen LogP contribution in [0.15, 0.2) is 43.0 Å². The minimum atomic E-state index is -1.21. The topological polar surface area (TPSA) is 108 Å². The van der Waals surface area contributed by atoms with Crippen molar-refractivity contribution >= 4 is 23.6 Å². The van der Waals surface area contributed by atoms with E-state index < -0.39 is 42.5 Å². The Morgan fingerprint density at radius 2 is 1.76 bits per heavy atom. The summed E-state index contributed by atoms with van der Waals surface area (Å²) in [5.41, 5.74) is -0.288. The standard InChI is InChI=1S/C21H27NO7/c1-5-11-28-20(26)22-16(12-19(25)29-21(2,3)4)18(24)14-27-13-17(23)15-9-7-6-8-10-15/h5-10,16H,1,11-14H2,2-4H3,(H,22,26)/t16-/m0/s1. The summed E-state index contributed by atoms with van der Waals surface area (Å²) in [4.78, 5) is 48.3. The maximum atomic E-state index is 12.4. The van der Waals surface area contributed by atoms with Gasteiger partial charge in [-0.15, -0.1) is 0 Å². The Labute approximate surface area is 170 Å². The van der Waals surface area contributed by atoms with E-state index in [9.17, 15) is 19.2 Å². The van der Waals surface area contributed by atoms with Crippen molar-refractivity contribution in [3.05, 3.63) is 48.6 Å². The normalized spacial score (nSPS) is 11.8. The molecule has 0 aliphatic rings. The molecule has 158 valence electrons. The number of rotatable bonds is 11. The van der Waals surface area contributed by atoms with Crippen LogP contribution in [-0.2, 0) is 23.8 Å². The Bertz CT molecular complexity index is 722. The van der Waals surface area contributed by atoms with Gasteiger partial charge in [-0.3, -0.25) is 14.4 Å². The van der Waals surface area contributed by atoms with Gasteiger partial charge in [-0.1, -0.05) is 43.0 Å². The Morgan fingerprint density at radius 1 is 1.10 bits per heavy atom. The average molecular weight is 405 g/mol. The van der Waals surface area contributed by atoms with E-state index in [4.69, 9.17) is 14.2 Å². The second-order valence-corrected chi connectivity index (χ2v) is 7.12. The Balaban J connectivity index is 2.65. The second-order valence-electron chi connectivity index (χ2n) is 7.12. The monoisotopic (exact) mass is 405 g/mol. The zero-order valence-corrected chi connectivity index (χ0v) is 16.9. The molecule has 0 bridgehead atoms. The molecule has 0 unspecified atom stereocenters. The smallest absolute Gasteiger partial charge is 0.408 e. The summed E-state index contributed by atoms with van der Waals surface area (Å²) in [5.74, 6) is -1.55. The number of hydrogen-bond donors (Lipinski definition) is 1. The molecule has 0 saturated carbocycles. The number of esters is 1. The van der Waals surface area contributed by atoms with Crippen LogP contribution >= 0.6 is 0 Å². The van der Waals surface area contributed by atoms with Crippen LogP contribution < -0.4 is 5.32 Å². The summed E-state index contributed by atoms with van der Waals surface area (Å²) in [6.45, 7) is 7.65. The average Bonchev–Trinajstić information content (AvgIpc) is 2.64. The van der Waals surface area contributed by atoms with Gasteiger partial charge in [0.2, 0.25) is 0 Å². The predicted octanol–water partition coefficient (Wildman–Crippen LogP) is 2.47. The molecular formula is C21H27NO7. The first-order valence-corrected chi connectivity index (χ1v) is 9.07. The lowest BCUT2D eigenvalue weighted by atomic mass is 10.1. The van der Waals surface area contributed by atoms with Gasteiger partial charge in [-0.25, -0.2) is 4.79 Å². The van der Waals surface area contributed by atoms with Gasteiger partial charge in [0.05, 0.1) is 6.42 Å². The summed E-state index contributed by atoms with van der Waals surface area (Å²) in [6.07, 6.45) is 0.0879. The minimum absolute atomic E-state index is 0.0543. The molecule has 8 heteroatoms. The lowest BCUT2D eigenvalue weighted by Gasteiger charge is -2.22. The van der Waals surface area contributed by atoms with Crippen molar-refractivity contribution in [3.8, 4) is 0 Å².